The molecule has 1 aromatic rings. The number of carbonyl (C=O) groups is 2. The highest BCUT2D eigenvalue weighted by Crippen LogP contribution is 2.34. The van der Waals surface area contributed by atoms with Gasteiger partial charge in [0, 0.05) is 22.9 Å². The Morgan fingerprint density at radius 3 is 2.77 bits per heavy atom. The smallest absolute Gasteiger partial charge is 0.187 e. The summed E-state index contributed by atoms with van der Waals surface area (Å²) >= 11 is 5.80. The summed E-state index contributed by atoms with van der Waals surface area (Å²) in [6.45, 7) is 0. The molecule has 0 aromatic heterocycles. The number of hydrogen-bond acceptors (Lipinski definition) is 4. The summed E-state index contributed by atoms with van der Waals surface area (Å²) in [5.41, 5.74) is 0.531. The zero-order chi connectivity index (χ0) is 15.7. The van der Waals surface area contributed by atoms with Crippen LogP contribution in [0.3, 0.4) is 0 Å². The topological polar surface area (TPSA) is 61.2 Å². The van der Waals surface area contributed by atoms with E-state index in [0.29, 0.717) is 17.0 Å². The van der Waals surface area contributed by atoms with E-state index in [4.69, 9.17) is 11.6 Å². The van der Waals surface area contributed by atoms with Gasteiger partial charge in [-0.3, -0.25) is 9.59 Å². The van der Waals surface area contributed by atoms with Crippen LogP contribution in [0.2, 0.25) is 5.02 Å². The van der Waals surface area contributed by atoms with Crippen molar-refractivity contribution in [2.24, 2.45) is 5.92 Å². The number of carbonyl (C=O) groups excluding carboxylic acids is 2. The van der Waals surface area contributed by atoms with E-state index in [9.17, 15) is 14.9 Å². The SMILES string of the molecule is N#CC1CC2C(=O)C=CC1N2C=CC(=O)c1ccc(Cl)cc1. The summed E-state index contributed by atoms with van der Waals surface area (Å²) < 4.78 is 0. The lowest BCUT2D eigenvalue weighted by molar-refractivity contribution is -0.118. The lowest BCUT2D eigenvalue weighted by atomic mass is 10.0. The highest BCUT2D eigenvalue weighted by Gasteiger charge is 2.43. The van der Waals surface area contributed by atoms with E-state index in [-0.39, 0.29) is 29.6 Å². The standard InChI is InChI=1S/C17H13ClN2O2/c18-13-3-1-11(2-4-13)16(21)7-8-20-14-5-6-17(22)15(20)9-12(14)10-19/h1-8,12,14-15H,9H2. The van der Waals surface area contributed by atoms with E-state index in [1.165, 1.54) is 12.2 Å². The maximum atomic E-state index is 12.1. The van der Waals surface area contributed by atoms with Crippen molar-refractivity contribution in [3.63, 3.8) is 0 Å². The molecule has 1 fully saturated rings. The molecule has 2 bridgehead atoms. The van der Waals surface area contributed by atoms with E-state index in [1.54, 1.807) is 36.5 Å². The normalized spacial score (nSPS) is 26.5. The zero-order valence-electron chi connectivity index (χ0n) is 11.6. The first-order valence-electron chi connectivity index (χ1n) is 6.97. The summed E-state index contributed by atoms with van der Waals surface area (Å²) in [6.07, 6.45) is 6.86. The summed E-state index contributed by atoms with van der Waals surface area (Å²) in [5, 5.41) is 9.74. The molecule has 1 aromatic carbocycles. The molecule has 5 heteroatoms. The molecule has 0 saturated carbocycles. The molecule has 0 spiro atoms. The average molecular weight is 313 g/mol. The van der Waals surface area contributed by atoms with Crippen LogP contribution in [0.15, 0.2) is 48.7 Å². The molecule has 3 atom stereocenters. The first-order valence-corrected chi connectivity index (χ1v) is 7.35. The van der Waals surface area contributed by atoms with Gasteiger partial charge >= 0.3 is 0 Å². The zero-order valence-corrected chi connectivity index (χ0v) is 12.4. The van der Waals surface area contributed by atoms with Gasteiger partial charge in [-0.2, -0.15) is 5.26 Å². The van der Waals surface area contributed by atoms with Crippen molar-refractivity contribution in [1.82, 2.24) is 4.90 Å². The molecule has 22 heavy (non-hydrogen) atoms. The van der Waals surface area contributed by atoms with E-state index >= 15 is 0 Å². The Hall–Kier alpha value is -2.38. The lowest BCUT2D eigenvalue weighted by Crippen LogP contribution is -2.39. The molecule has 4 nitrogen and oxygen atoms in total. The quantitative estimate of drug-likeness (QED) is 0.636. The number of rotatable bonds is 3. The van der Waals surface area contributed by atoms with Gasteiger partial charge in [-0.25, -0.2) is 0 Å². The molecule has 0 radical (unpaired) electrons. The third-order valence-electron chi connectivity index (χ3n) is 4.07. The first kappa shape index (κ1) is 14.6. The van der Waals surface area contributed by atoms with Crippen molar-refractivity contribution < 1.29 is 9.59 Å². The fourth-order valence-electron chi connectivity index (χ4n) is 2.91. The van der Waals surface area contributed by atoms with Crippen LogP contribution in [0.5, 0.6) is 0 Å². The van der Waals surface area contributed by atoms with Crippen LogP contribution >= 0.6 is 11.6 Å². The minimum Gasteiger partial charge on any atom is -0.359 e. The molecule has 2 aliphatic heterocycles. The highest BCUT2D eigenvalue weighted by molar-refractivity contribution is 6.30. The Balaban J connectivity index is 1.79. The van der Waals surface area contributed by atoms with Gasteiger partial charge in [0.15, 0.2) is 11.6 Å². The number of halogens is 1. The van der Waals surface area contributed by atoms with Crippen molar-refractivity contribution in [3.8, 4) is 6.07 Å². The molecule has 2 heterocycles. The fourth-order valence-corrected chi connectivity index (χ4v) is 3.04. The second-order valence-electron chi connectivity index (χ2n) is 5.37. The van der Waals surface area contributed by atoms with Crippen LogP contribution in [0, 0.1) is 17.2 Å². The fraction of sp³-hybridized carbons (Fsp3) is 0.235. The molecule has 2 aliphatic rings. The second-order valence-corrected chi connectivity index (χ2v) is 5.81. The van der Waals surface area contributed by atoms with E-state index < -0.39 is 0 Å². The van der Waals surface area contributed by atoms with Gasteiger partial charge in [0.05, 0.1) is 24.1 Å². The van der Waals surface area contributed by atoms with E-state index in [2.05, 4.69) is 6.07 Å². The van der Waals surface area contributed by atoms with Crippen molar-refractivity contribution in [3.05, 3.63) is 59.3 Å². The molecule has 1 saturated heterocycles. The van der Waals surface area contributed by atoms with Crippen molar-refractivity contribution in [2.45, 2.75) is 18.5 Å². The van der Waals surface area contributed by atoms with Crippen LogP contribution in [-0.4, -0.2) is 28.6 Å². The maximum Gasteiger partial charge on any atom is 0.187 e. The number of benzene rings is 1. The number of fused-ring (bicyclic) bond motifs is 2. The third-order valence-corrected chi connectivity index (χ3v) is 4.32. The summed E-state index contributed by atoms with van der Waals surface area (Å²) in [6, 6.07) is 8.38. The molecule has 0 amide bonds. The maximum absolute atomic E-state index is 12.1. The van der Waals surface area contributed by atoms with Gasteiger partial charge in [0.2, 0.25) is 0 Å². The molecule has 110 valence electrons. The molecule has 0 N–H and O–H groups in total. The number of allylic oxidation sites excluding steroid dienone is 1. The monoisotopic (exact) mass is 312 g/mol. The molecular formula is C17H13ClN2O2. The number of ketones is 2. The number of hydrogen-bond donors (Lipinski definition) is 0. The molecule has 0 aliphatic carbocycles. The highest BCUT2D eigenvalue weighted by atomic mass is 35.5. The Morgan fingerprint density at radius 2 is 2.09 bits per heavy atom. The van der Waals surface area contributed by atoms with Crippen LogP contribution < -0.4 is 0 Å². The lowest BCUT2D eigenvalue weighted by Gasteiger charge is -2.29. The molecule has 3 rings (SSSR count). The largest absolute Gasteiger partial charge is 0.359 e. The van der Waals surface area contributed by atoms with Gasteiger partial charge < -0.3 is 4.90 Å². The van der Waals surface area contributed by atoms with Gasteiger partial charge in [-0.15, -0.1) is 0 Å². The Bertz CT molecular complexity index is 715. The molecule has 3 unspecified atom stereocenters. The van der Waals surface area contributed by atoms with E-state index in [0.717, 1.165) is 0 Å². The van der Waals surface area contributed by atoms with Crippen molar-refractivity contribution in [1.29, 1.82) is 5.26 Å². The minimum absolute atomic E-state index is 0.0161. The van der Waals surface area contributed by atoms with Crippen LogP contribution in [-0.2, 0) is 4.79 Å². The van der Waals surface area contributed by atoms with Gasteiger partial charge in [-0.1, -0.05) is 17.7 Å². The third kappa shape index (κ3) is 2.56. The van der Waals surface area contributed by atoms with Crippen molar-refractivity contribution in [2.75, 3.05) is 0 Å². The summed E-state index contributed by atoms with van der Waals surface area (Å²) in [5.74, 6) is -0.396. The van der Waals surface area contributed by atoms with Gasteiger partial charge in [-0.05, 0) is 36.8 Å². The summed E-state index contributed by atoms with van der Waals surface area (Å²) in [4.78, 5) is 25.9. The molecular weight excluding hydrogens is 300 g/mol. The van der Waals surface area contributed by atoms with E-state index in [1.807, 2.05) is 4.90 Å². The predicted octanol–water partition coefficient (Wildman–Crippen LogP) is 2.76. The Morgan fingerprint density at radius 1 is 1.36 bits per heavy atom. The van der Waals surface area contributed by atoms with Gasteiger partial charge in [0.25, 0.3) is 0 Å². The van der Waals surface area contributed by atoms with Crippen LogP contribution in [0.1, 0.15) is 16.8 Å². The second kappa shape index (κ2) is 5.78. The van der Waals surface area contributed by atoms with Crippen LogP contribution in [0.4, 0.5) is 0 Å². The van der Waals surface area contributed by atoms with Crippen molar-refractivity contribution >= 4 is 23.2 Å². The summed E-state index contributed by atoms with van der Waals surface area (Å²) in [7, 11) is 0. The Labute approximate surface area is 133 Å². The van der Waals surface area contributed by atoms with Crippen LogP contribution in [0.25, 0.3) is 0 Å². The predicted molar refractivity (Wildman–Crippen MR) is 82.2 cm³/mol. The van der Waals surface area contributed by atoms with Gasteiger partial charge in [0.1, 0.15) is 0 Å². The number of nitrogens with zero attached hydrogens (tertiary/aromatic N) is 2. The average Bonchev–Trinajstić information content (AvgIpc) is 2.79. The Kier molecular flexibility index (Phi) is 3.82. The number of nitriles is 1. The minimum atomic E-state index is -0.339. The first-order chi connectivity index (χ1) is 10.6.